The number of nitrogens with zero attached hydrogens (tertiary/aromatic N) is 26. The summed E-state index contributed by atoms with van der Waals surface area (Å²) in [6.45, 7) is 22.6. The van der Waals surface area contributed by atoms with E-state index in [1.54, 1.807) is 0 Å². The van der Waals surface area contributed by atoms with E-state index in [1.165, 1.54) is 283 Å². The van der Waals surface area contributed by atoms with Gasteiger partial charge in [0.25, 0.3) is 0 Å². The molecule has 28 heterocycles. The van der Waals surface area contributed by atoms with Gasteiger partial charge < -0.3 is 40.8 Å². The van der Waals surface area contributed by atoms with Crippen LogP contribution >= 0.6 is 93.9 Å². The first-order valence-corrected chi connectivity index (χ1v) is 43.6. The first-order chi connectivity index (χ1) is 41.0. The van der Waals surface area contributed by atoms with Crippen LogP contribution in [0.15, 0.2) is 49.6 Å². The molecule has 504 valence electrons. The predicted molar refractivity (Wildman–Crippen MR) is 348 cm³/mol. The third-order valence-corrected chi connectivity index (χ3v) is 33.8. The molecule has 4 aromatic heterocycles. The van der Waals surface area contributed by atoms with Crippen LogP contribution in [0.2, 0.25) is 20.1 Å². The van der Waals surface area contributed by atoms with Crippen molar-refractivity contribution in [3.05, 3.63) is 69.7 Å². The molecule has 24 bridgehead atoms. The van der Waals surface area contributed by atoms with Gasteiger partial charge >= 0.3 is 89.5 Å². The Kier molecular flexibility index (Phi) is 31.4. The summed E-state index contributed by atoms with van der Waals surface area (Å²) in [4.78, 5) is 46.6. The molecule has 0 amide bonds. The average Bonchev–Trinajstić information content (AvgIpc) is 4.31. The molecule has 28 rings (SSSR count). The Bertz CT molecular complexity index is 1850. The van der Waals surface area contributed by atoms with E-state index in [2.05, 4.69) is 129 Å². The second-order valence-corrected chi connectivity index (χ2v) is 41.9. The molecule has 24 aliphatic rings. The van der Waals surface area contributed by atoms with Gasteiger partial charge in [-0.05, 0) is 0 Å². The van der Waals surface area contributed by atoms with Crippen LogP contribution in [0.1, 0.15) is 0 Å². The molecule has 0 radical (unpaired) electrons. The molecule has 0 aromatic carbocycles. The molecule has 0 unspecified atom stereocenters. The minimum Gasteiger partial charge on any atom is -0.581 e. The van der Waals surface area contributed by atoms with Crippen LogP contribution in [0.5, 0.6) is 0 Å². The van der Waals surface area contributed by atoms with E-state index in [0.29, 0.717) is 20.1 Å². The SMILES string of the molecule is C1N2CN3CN1C[PH+](C2)C3.C1N2CN3CN1C[PH+](C2)C3.C1N2CN3CN1C[PH+](C2)C3.C1N2CN3CN1C[PH+](C2)C3.C1N2CN3CN1C[PH+](C2)C3.C1N2CN3CN1C[PH+](C2)C3.Clc1cn[n-]c1.Clc1cn[n-]c1.Clc1cn[n-]c1.Clc1cn[n-]c1.[Ag+].[Ag+].[Ag+].[Ag+]. The summed E-state index contributed by atoms with van der Waals surface area (Å²) < 4.78 is 0. The van der Waals surface area contributed by atoms with Gasteiger partial charge in [-0.25, -0.2) is 88.2 Å². The van der Waals surface area contributed by atoms with Crippen LogP contribution < -0.4 is 20.4 Å². The molecule has 0 N–H and O–H groups in total. The number of hydrogen-bond donors (Lipinski definition) is 0. The fraction of sp³-hybridized carbons (Fsp3) is 0.750. The summed E-state index contributed by atoms with van der Waals surface area (Å²) in [5, 5.41) is 29.9. The van der Waals surface area contributed by atoms with E-state index < -0.39 is 0 Å². The maximum atomic E-state index is 5.33. The standard InChI is InChI=1S/6C6H12N3P.4C3H2ClN2.4Ag/c6*1-7-2-9-3-8(1)5-10(4-7)6-9;4*4-3-1-5-6-2-3;;;;/h6*1-6H2;4*1-2H;;;;/q;;;;;;4*-1;4*+1/p+6. The monoisotopic (exact) mass is 1780 g/mol. The van der Waals surface area contributed by atoms with Gasteiger partial charge in [0.05, 0.1) is 120 Å². The Hall–Kier alpha value is 2.82. The number of aromatic nitrogens is 8. The fourth-order valence-corrected chi connectivity index (χ4v) is 32.3. The van der Waals surface area contributed by atoms with Crippen molar-refractivity contribution in [2.24, 2.45) is 0 Å². The number of hydrogen-bond acceptors (Lipinski definition) is 22. The van der Waals surface area contributed by atoms with E-state index in [0.717, 1.165) is 0 Å². The van der Waals surface area contributed by atoms with Crippen molar-refractivity contribution in [1.82, 2.24) is 129 Å². The molecule has 40 heteroatoms. The van der Waals surface area contributed by atoms with Crippen molar-refractivity contribution >= 4 is 93.9 Å². The smallest absolute Gasteiger partial charge is 0.581 e. The molecule has 24 aliphatic heterocycles. The minimum absolute atomic E-state index is 0. The van der Waals surface area contributed by atoms with Gasteiger partial charge in [0.2, 0.25) is 0 Å². The van der Waals surface area contributed by atoms with Gasteiger partial charge in [0.15, 0.2) is 0 Å². The molecule has 24 saturated heterocycles. The van der Waals surface area contributed by atoms with Crippen LogP contribution in [-0.2, 0) is 89.5 Å². The van der Waals surface area contributed by atoms with Crippen LogP contribution in [0.3, 0.4) is 0 Å². The van der Waals surface area contributed by atoms with E-state index in [4.69, 9.17) is 46.4 Å². The van der Waals surface area contributed by atoms with Crippen molar-refractivity contribution < 1.29 is 89.5 Å². The fourth-order valence-electron chi connectivity index (χ4n) is 15.1. The summed E-state index contributed by atoms with van der Waals surface area (Å²) in [5.74, 6) is 0. The van der Waals surface area contributed by atoms with E-state index in [-0.39, 0.29) is 137 Å². The van der Waals surface area contributed by atoms with Gasteiger partial charge in [-0.3, -0.25) is 0 Å². The first kappa shape index (κ1) is 75.0. The molecule has 24 fully saturated rings. The zero-order valence-corrected chi connectivity index (χ0v) is 64.4. The Morgan fingerprint density at radius 1 is 0.216 bits per heavy atom. The van der Waals surface area contributed by atoms with Gasteiger partial charge in [-0.2, -0.15) is 0 Å². The Morgan fingerprint density at radius 3 is 0.364 bits per heavy atom. The molecule has 88 heavy (non-hydrogen) atoms. The van der Waals surface area contributed by atoms with Crippen molar-refractivity contribution in [2.75, 3.05) is 233 Å². The molecule has 4 aromatic rings. The molecule has 0 saturated carbocycles. The van der Waals surface area contributed by atoms with Crippen LogP contribution in [0.4, 0.5) is 0 Å². The first-order valence-electron chi connectivity index (χ1n) is 29.4. The Morgan fingerprint density at radius 2 is 0.318 bits per heavy atom. The average molecular weight is 1790 g/mol. The van der Waals surface area contributed by atoms with Crippen molar-refractivity contribution in [3.8, 4) is 0 Å². The third-order valence-electron chi connectivity index (χ3n) is 17.0. The topological polar surface area (TPSA) is 166 Å². The van der Waals surface area contributed by atoms with Gasteiger partial charge in [-0.15, -0.1) is 24.8 Å². The molecular weight excluding hydrogens is 1700 g/mol. The summed E-state index contributed by atoms with van der Waals surface area (Å²) in [6, 6.07) is 0. The van der Waals surface area contributed by atoms with Gasteiger partial charge in [0, 0.05) is 92.4 Å². The summed E-state index contributed by atoms with van der Waals surface area (Å²) in [6.07, 6.45) is 38.1. The van der Waals surface area contributed by atoms with Gasteiger partial charge in [-0.1, -0.05) is 46.4 Å². The largest absolute Gasteiger partial charge is 1.00 e. The van der Waals surface area contributed by atoms with Crippen molar-refractivity contribution in [1.29, 1.82) is 0 Å². The number of halogens is 4. The van der Waals surface area contributed by atoms with Crippen LogP contribution in [0, 0.1) is 0 Å². The molecule has 26 nitrogen and oxygen atoms in total. The second kappa shape index (κ2) is 36.8. The quantitative estimate of drug-likeness (QED) is 0.186. The predicted octanol–water partition coefficient (Wildman–Crippen LogP) is 2.11. The van der Waals surface area contributed by atoms with Crippen molar-refractivity contribution in [2.45, 2.75) is 0 Å². The summed E-state index contributed by atoms with van der Waals surface area (Å²) in [7, 11) is 0.178. The molecule has 0 atom stereocenters. The molecular formula is C48H86Ag4Cl4N26P6+6. The molecule has 0 aliphatic carbocycles. The van der Waals surface area contributed by atoms with Gasteiger partial charge in [0.1, 0.15) is 113 Å². The molecule has 0 spiro atoms. The Balaban J connectivity index is 0.000000117. The zero-order chi connectivity index (χ0) is 56.9. The normalized spacial score (nSPS) is 41.7. The minimum atomic E-state index is 0. The second-order valence-electron chi connectivity index (χ2n) is 25.5. The summed E-state index contributed by atoms with van der Waals surface area (Å²) in [5.41, 5.74) is 0. The van der Waals surface area contributed by atoms with E-state index >= 15 is 0 Å². The van der Waals surface area contributed by atoms with E-state index in [9.17, 15) is 0 Å². The Labute approximate surface area is 609 Å². The van der Waals surface area contributed by atoms with Crippen molar-refractivity contribution in [3.63, 3.8) is 0 Å². The number of rotatable bonds is 0. The zero-order valence-electron chi connectivity index (χ0n) is 49.4. The summed E-state index contributed by atoms with van der Waals surface area (Å²) >= 11 is 21.3. The maximum absolute atomic E-state index is 5.33. The maximum Gasteiger partial charge on any atom is 1.00 e. The van der Waals surface area contributed by atoms with E-state index in [1.807, 2.05) is 0 Å². The third kappa shape index (κ3) is 22.4. The van der Waals surface area contributed by atoms with Crippen LogP contribution in [-0.4, -0.2) is 342 Å². The van der Waals surface area contributed by atoms with Crippen LogP contribution in [0.25, 0.3) is 0 Å².